The van der Waals surface area contributed by atoms with Crippen LogP contribution in [0.15, 0.2) is 18.2 Å². The lowest BCUT2D eigenvalue weighted by molar-refractivity contribution is -0.0417. The number of hydrogen-bond acceptors (Lipinski definition) is 2. The molecule has 2 nitrogen and oxygen atoms in total. The van der Waals surface area contributed by atoms with Gasteiger partial charge >= 0.3 is 0 Å². The van der Waals surface area contributed by atoms with Crippen LogP contribution in [0.1, 0.15) is 42.4 Å². The monoisotopic (exact) mass is 245 g/mol. The largest absolute Gasteiger partial charge is 0.385 e. The van der Waals surface area contributed by atoms with Crippen LogP contribution < -0.4 is 0 Å². The minimum atomic E-state index is -0.596. The van der Waals surface area contributed by atoms with Crippen LogP contribution in [0, 0.1) is 13.8 Å². The summed E-state index contributed by atoms with van der Waals surface area (Å²) in [5, 5.41) is 11.1. The number of benzene rings is 1. The Hall–Kier alpha value is -0.860. The standard InChI is InChI=1S/C16H23NO/c1-12-5-3-6-13(2)15(12)16(18)8-10-17-9-4-7-14(17)11-16/h3,5-6,14,18H,4,7-11H2,1-2H3/t14-,16-/m0/s1. The van der Waals surface area contributed by atoms with E-state index in [1.165, 1.54) is 36.1 Å². The number of rotatable bonds is 1. The Morgan fingerprint density at radius 3 is 2.67 bits per heavy atom. The van der Waals surface area contributed by atoms with Crippen LogP contribution in [0.5, 0.6) is 0 Å². The van der Waals surface area contributed by atoms with Gasteiger partial charge in [0.05, 0.1) is 5.60 Å². The summed E-state index contributed by atoms with van der Waals surface area (Å²) in [5.74, 6) is 0. The van der Waals surface area contributed by atoms with Gasteiger partial charge < -0.3 is 10.0 Å². The SMILES string of the molecule is Cc1cccc(C)c1[C@]1(O)CCN2CCC[C@H]2C1. The molecular weight excluding hydrogens is 222 g/mol. The zero-order valence-corrected chi connectivity index (χ0v) is 11.4. The predicted molar refractivity (Wildman–Crippen MR) is 73.6 cm³/mol. The van der Waals surface area contributed by atoms with Gasteiger partial charge in [-0.25, -0.2) is 0 Å². The fourth-order valence-electron chi connectivity index (χ4n) is 4.02. The molecule has 2 aliphatic rings. The van der Waals surface area contributed by atoms with E-state index in [0.717, 1.165) is 19.4 Å². The third-order valence-corrected chi connectivity index (χ3v) is 4.83. The second-order valence-electron chi connectivity index (χ2n) is 6.08. The van der Waals surface area contributed by atoms with Crippen LogP contribution in [0.25, 0.3) is 0 Å². The summed E-state index contributed by atoms with van der Waals surface area (Å²) in [6.07, 6.45) is 4.36. The molecule has 2 fully saturated rings. The number of piperidine rings is 1. The minimum Gasteiger partial charge on any atom is -0.385 e. The van der Waals surface area contributed by atoms with E-state index in [1.807, 2.05) is 0 Å². The van der Waals surface area contributed by atoms with E-state index in [-0.39, 0.29) is 0 Å². The fraction of sp³-hybridized carbons (Fsp3) is 0.625. The molecule has 3 rings (SSSR count). The molecule has 2 aliphatic heterocycles. The Morgan fingerprint density at radius 1 is 1.22 bits per heavy atom. The summed E-state index contributed by atoms with van der Waals surface area (Å²) in [6, 6.07) is 6.94. The minimum absolute atomic E-state index is 0.596. The first-order valence-electron chi connectivity index (χ1n) is 7.13. The average Bonchev–Trinajstić information content (AvgIpc) is 2.75. The lowest BCUT2D eigenvalue weighted by Gasteiger charge is -2.42. The van der Waals surface area contributed by atoms with Crippen molar-refractivity contribution in [1.82, 2.24) is 4.90 Å². The lowest BCUT2D eigenvalue weighted by Crippen LogP contribution is -2.46. The third kappa shape index (κ3) is 1.88. The smallest absolute Gasteiger partial charge is 0.0928 e. The van der Waals surface area contributed by atoms with Crippen molar-refractivity contribution in [2.75, 3.05) is 13.1 Å². The van der Waals surface area contributed by atoms with Crippen molar-refractivity contribution in [1.29, 1.82) is 0 Å². The molecule has 98 valence electrons. The first kappa shape index (κ1) is 12.2. The molecule has 0 radical (unpaired) electrons. The Morgan fingerprint density at radius 2 is 1.94 bits per heavy atom. The highest BCUT2D eigenvalue weighted by Gasteiger charge is 2.42. The van der Waals surface area contributed by atoms with Gasteiger partial charge in [0.25, 0.3) is 0 Å². The van der Waals surface area contributed by atoms with E-state index in [0.29, 0.717) is 6.04 Å². The number of fused-ring (bicyclic) bond motifs is 1. The maximum absolute atomic E-state index is 11.1. The molecular formula is C16H23NO. The normalized spacial score (nSPS) is 32.5. The summed E-state index contributed by atoms with van der Waals surface area (Å²) in [5.41, 5.74) is 3.07. The van der Waals surface area contributed by atoms with E-state index in [9.17, 15) is 5.11 Å². The molecule has 0 aliphatic carbocycles. The molecule has 0 spiro atoms. The van der Waals surface area contributed by atoms with Crippen molar-refractivity contribution < 1.29 is 5.11 Å². The molecule has 0 unspecified atom stereocenters. The Labute approximate surface area is 110 Å². The topological polar surface area (TPSA) is 23.5 Å². The molecule has 2 heterocycles. The van der Waals surface area contributed by atoms with Crippen molar-refractivity contribution in [3.8, 4) is 0 Å². The molecule has 2 atom stereocenters. The second-order valence-corrected chi connectivity index (χ2v) is 6.08. The molecule has 0 saturated carbocycles. The molecule has 1 N–H and O–H groups in total. The molecule has 1 aromatic rings. The van der Waals surface area contributed by atoms with Crippen molar-refractivity contribution in [3.05, 3.63) is 34.9 Å². The van der Waals surface area contributed by atoms with Crippen LogP contribution >= 0.6 is 0 Å². The van der Waals surface area contributed by atoms with Gasteiger partial charge in [0.15, 0.2) is 0 Å². The van der Waals surface area contributed by atoms with Crippen molar-refractivity contribution in [2.45, 2.75) is 51.2 Å². The lowest BCUT2D eigenvalue weighted by atomic mass is 9.77. The van der Waals surface area contributed by atoms with Gasteiger partial charge in [-0.3, -0.25) is 0 Å². The first-order chi connectivity index (χ1) is 8.60. The Kier molecular flexibility index (Phi) is 2.95. The zero-order chi connectivity index (χ0) is 12.8. The molecule has 1 aromatic carbocycles. The van der Waals surface area contributed by atoms with E-state index < -0.39 is 5.60 Å². The molecule has 0 bridgehead atoms. The molecule has 2 saturated heterocycles. The maximum atomic E-state index is 11.1. The highest BCUT2D eigenvalue weighted by Crippen LogP contribution is 2.41. The Balaban J connectivity index is 1.95. The molecule has 2 heteroatoms. The van der Waals surface area contributed by atoms with Gasteiger partial charge in [-0.15, -0.1) is 0 Å². The second kappa shape index (κ2) is 4.36. The average molecular weight is 245 g/mol. The van der Waals surface area contributed by atoms with Gasteiger partial charge in [0.2, 0.25) is 0 Å². The number of hydrogen-bond donors (Lipinski definition) is 1. The van der Waals surface area contributed by atoms with Crippen LogP contribution in [0.3, 0.4) is 0 Å². The van der Waals surface area contributed by atoms with Gasteiger partial charge in [-0.05, 0) is 62.8 Å². The summed E-state index contributed by atoms with van der Waals surface area (Å²) >= 11 is 0. The van der Waals surface area contributed by atoms with E-state index in [4.69, 9.17) is 0 Å². The van der Waals surface area contributed by atoms with Crippen LogP contribution in [-0.4, -0.2) is 29.1 Å². The van der Waals surface area contributed by atoms with Crippen LogP contribution in [0.4, 0.5) is 0 Å². The van der Waals surface area contributed by atoms with E-state index in [1.54, 1.807) is 0 Å². The van der Waals surface area contributed by atoms with Crippen molar-refractivity contribution in [3.63, 3.8) is 0 Å². The zero-order valence-electron chi connectivity index (χ0n) is 11.4. The van der Waals surface area contributed by atoms with Crippen LogP contribution in [0.2, 0.25) is 0 Å². The third-order valence-electron chi connectivity index (χ3n) is 4.83. The van der Waals surface area contributed by atoms with Gasteiger partial charge in [-0.2, -0.15) is 0 Å². The molecule has 0 aromatic heterocycles. The summed E-state index contributed by atoms with van der Waals surface area (Å²) in [7, 11) is 0. The molecule has 0 amide bonds. The number of aryl methyl sites for hydroxylation is 2. The van der Waals surface area contributed by atoms with Gasteiger partial charge in [-0.1, -0.05) is 18.2 Å². The first-order valence-corrected chi connectivity index (χ1v) is 7.13. The fourth-order valence-corrected chi connectivity index (χ4v) is 4.02. The highest BCUT2D eigenvalue weighted by atomic mass is 16.3. The highest BCUT2D eigenvalue weighted by molar-refractivity contribution is 5.39. The quantitative estimate of drug-likeness (QED) is 0.822. The number of aliphatic hydroxyl groups is 1. The van der Waals surface area contributed by atoms with Gasteiger partial charge in [0.1, 0.15) is 0 Å². The Bertz CT molecular complexity index is 436. The van der Waals surface area contributed by atoms with Crippen molar-refractivity contribution in [2.24, 2.45) is 0 Å². The maximum Gasteiger partial charge on any atom is 0.0928 e. The summed E-state index contributed by atoms with van der Waals surface area (Å²) < 4.78 is 0. The molecule has 18 heavy (non-hydrogen) atoms. The van der Waals surface area contributed by atoms with Gasteiger partial charge in [0, 0.05) is 12.6 Å². The predicted octanol–water partition coefficient (Wildman–Crippen LogP) is 2.75. The number of nitrogens with zero attached hydrogens (tertiary/aromatic N) is 1. The van der Waals surface area contributed by atoms with E-state index in [2.05, 4.69) is 36.9 Å². The summed E-state index contributed by atoms with van der Waals surface area (Å²) in [4.78, 5) is 2.56. The van der Waals surface area contributed by atoms with Crippen LogP contribution in [-0.2, 0) is 5.60 Å². The summed E-state index contributed by atoms with van der Waals surface area (Å²) in [6.45, 7) is 6.53. The van der Waals surface area contributed by atoms with Crippen molar-refractivity contribution >= 4 is 0 Å². The van der Waals surface area contributed by atoms with E-state index >= 15 is 0 Å².